The largest absolute Gasteiger partial charge is 0.264 e. The first-order valence-electron chi connectivity index (χ1n) is 10.8. The summed E-state index contributed by atoms with van der Waals surface area (Å²) in [4.78, 5) is 4.40. The van der Waals surface area contributed by atoms with Crippen LogP contribution in [0, 0.1) is 34.5 Å². The Kier molecular flexibility index (Phi) is 3.75. The Labute approximate surface area is 159 Å². The zero-order valence-electron chi connectivity index (χ0n) is 16.7. The lowest BCUT2D eigenvalue weighted by atomic mass is 9.47. The molecule has 0 amide bonds. The zero-order chi connectivity index (χ0) is 17.9. The molecule has 138 valence electrons. The molecule has 0 saturated heterocycles. The molecule has 0 N–H and O–H groups in total. The van der Waals surface area contributed by atoms with Gasteiger partial charge in [-0.2, -0.15) is 0 Å². The first-order valence-corrected chi connectivity index (χ1v) is 10.8. The van der Waals surface area contributed by atoms with Crippen LogP contribution in [0.3, 0.4) is 0 Å². The summed E-state index contributed by atoms with van der Waals surface area (Å²) in [5.74, 6) is 3.51. The molecule has 4 aliphatic rings. The van der Waals surface area contributed by atoms with Crippen molar-refractivity contribution < 1.29 is 0 Å². The lowest BCUT2D eigenvalue weighted by molar-refractivity contribution is -0.0137. The standard InChI is InChI=1S/C25H33N/c1-17-10-12-24(2)19(15-17)6-7-20-22-9-8-21(18-5-4-14-26-16-18)25(22,3)13-11-23(20)24/h4-6,8,14,16-17,20,22-23H,7,9-13,15H2,1-3H3/t17?,20?,22?,23?,24-,25+/m0/s1. The molecular formula is C25H33N. The summed E-state index contributed by atoms with van der Waals surface area (Å²) >= 11 is 0. The molecule has 1 aromatic rings. The molecule has 1 heteroatoms. The van der Waals surface area contributed by atoms with Crippen LogP contribution < -0.4 is 0 Å². The number of pyridine rings is 1. The third-order valence-electron chi connectivity index (χ3n) is 8.90. The average molecular weight is 348 g/mol. The van der Waals surface area contributed by atoms with Crippen LogP contribution in [-0.2, 0) is 0 Å². The van der Waals surface area contributed by atoms with E-state index in [1.54, 1.807) is 5.57 Å². The van der Waals surface area contributed by atoms with Crippen LogP contribution in [0.1, 0.15) is 71.3 Å². The molecular weight excluding hydrogens is 314 g/mol. The van der Waals surface area contributed by atoms with Crippen molar-refractivity contribution in [1.29, 1.82) is 0 Å². The van der Waals surface area contributed by atoms with Crippen LogP contribution in [0.15, 0.2) is 42.3 Å². The third kappa shape index (κ3) is 2.25. The Hall–Kier alpha value is -1.37. The SMILES string of the molecule is CC1CC[C@@]2(C)C(=CCC3C2CC[C@]2(C)C(c4cccnc4)=CCC32)C1. The Morgan fingerprint density at radius 1 is 1.00 bits per heavy atom. The maximum atomic E-state index is 4.40. The number of hydrogen-bond acceptors (Lipinski definition) is 1. The number of nitrogens with zero attached hydrogens (tertiary/aromatic N) is 1. The van der Waals surface area contributed by atoms with Gasteiger partial charge in [-0.1, -0.05) is 44.6 Å². The van der Waals surface area contributed by atoms with Gasteiger partial charge in [0, 0.05) is 12.4 Å². The molecule has 2 fully saturated rings. The molecule has 0 radical (unpaired) electrons. The predicted octanol–water partition coefficient (Wildman–Crippen LogP) is 6.67. The Balaban J connectivity index is 1.48. The fourth-order valence-corrected chi connectivity index (χ4v) is 7.38. The summed E-state index contributed by atoms with van der Waals surface area (Å²) in [7, 11) is 0. The van der Waals surface area contributed by atoms with Crippen LogP contribution in [0.25, 0.3) is 5.57 Å². The molecule has 0 aliphatic heterocycles. The Bertz CT molecular complexity index is 760. The number of allylic oxidation sites excluding steroid dienone is 4. The fraction of sp³-hybridized carbons (Fsp3) is 0.640. The van der Waals surface area contributed by atoms with Crippen molar-refractivity contribution in [2.45, 2.75) is 65.7 Å². The smallest absolute Gasteiger partial charge is 0.0343 e. The third-order valence-corrected chi connectivity index (χ3v) is 8.90. The van der Waals surface area contributed by atoms with Crippen LogP contribution in [0.2, 0.25) is 0 Å². The van der Waals surface area contributed by atoms with Crippen LogP contribution >= 0.6 is 0 Å². The number of rotatable bonds is 1. The number of aromatic nitrogens is 1. The van der Waals surface area contributed by atoms with Gasteiger partial charge in [-0.25, -0.2) is 0 Å². The van der Waals surface area contributed by atoms with Gasteiger partial charge in [-0.15, -0.1) is 0 Å². The fourth-order valence-electron chi connectivity index (χ4n) is 7.38. The van der Waals surface area contributed by atoms with E-state index in [1.807, 2.05) is 11.8 Å². The van der Waals surface area contributed by atoms with Gasteiger partial charge in [0.25, 0.3) is 0 Å². The molecule has 26 heavy (non-hydrogen) atoms. The molecule has 0 bridgehead atoms. The van der Waals surface area contributed by atoms with E-state index in [1.165, 1.54) is 50.5 Å². The minimum Gasteiger partial charge on any atom is -0.264 e. The van der Waals surface area contributed by atoms with Gasteiger partial charge in [0.05, 0.1) is 0 Å². The number of fused-ring (bicyclic) bond motifs is 5. The van der Waals surface area contributed by atoms with E-state index in [9.17, 15) is 0 Å². The first-order chi connectivity index (χ1) is 12.5. The monoisotopic (exact) mass is 347 g/mol. The van der Waals surface area contributed by atoms with Gasteiger partial charge < -0.3 is 0 Å². The molecule has 1 aromatic heterocycles. The van der Waals surface area contributed by atoms with E-state index in [-0.39, 0.29) is 0 Å². The summed E-state index contributed by atoms with van der Waals surface area (Å²) in [6.45, 7) is 7.63. The summed E-state index contributed by atoms with van der Waals surface area (Å²) in [5, 5.41) is 0. The van der Waals surface area contributed by atoms with E-state index in [2.05, 4.69) is 56.2 Å². The van der Waals surface area contributed by atoms with Gasteiger partial charge in [0.2, 0.25) is 0 Å². The molecule has 0 aromatic carbocycles. The van der Waals surface area contributed by atoms with Gasteiger partial charge >= 0.3 is 0 Å². The maximum Gasteiger partial charge on any atom is 0.0343 e. The normalized spacial score (nSPS) is 44.4. The van der Waals surface area contributed by atoms with E-state index < -0.39 is 0 Å². The highest BCUT2D eigenvalue weighted by Gasteiger charge is 2.56. The summed E-state index contributed by atoms with van der Waals surface area (Å²) < 4.78 is 0. The highest BCUT2D eigenvalue weighted by atomic mass is 14.6. The van der Waals surface area contributed by atoms with E-state index >= 15 is 0 Å². The van der Waals surface area contributed by atoms with Crippen molar-refractivity contribution in [3.05, 3.63) is 47.8 Å². The maximum absolute atomic E-state index is 4.40. The molecule has 1 heterocycles. The first kappa shape index (κ1) is 16.8. The zero-order valence-corrected chi connectivity index (χ0v) is 16.7. The van der Waals surface area contributed by atoms with E-state index in [4.69, 9.17) is 0 Å². The predicted molar refractivity (Wildman–Crippen MR) is 108 cm³/mol. The quantitative estimate of drug-likeness (QED) is 0.517. The molecule has 0 spiro atoms. The lowest BCUT2D eigenvalue weighted by Gasteiger charge is -2.58. The van der Waals surface area contributed by atoms with Gasteiger partial charge in [-0.05, 0) is 96.7 Å². The van der Waals surface area contributed by atoms with E-state index in [0.29, 0.717) is 10.8 Å². The summed E-state index contributed by atoms with van der Waals surface area (Å²) in [6.07, 6.45) is 18.8. The number of hydrogen-bond donors (Lipinski definition) is 0. The van der Waals surface area contributed by atoms with E-state index in [0.717, 1.165) is 23.7 Å². The molecule has 1 nitrogen and oxygen atoms in total. The molecule has 4 unspecified atom stereocenters. The van der Waals surface area contributed by atoms with Crippen molar-refractivity contribution in [1.82, 2.24) is 4.98 Å². The molecule has 5 rings (SSSR count). The van der Waals surface area contributed by atoms with Crippen molar-refractivity contribution >= 4 is 5.57 Å². The second-order valence-electron chi connectivity index (χ2n) is 10.2. The summed E-state index contributed by atoms with van der Waals surface area (Å²) in [5.41, 5.74) is 5.62. The van der Waals surface area contributed by atoms with Crippen molar-refractivity contribution in [2.24, 2.45) is 34.5 Å². The minimum atomic E-state index is 0.355. The molecule has 6 atom stereocenters. The van der Waals surface area contributed by atoms with Gasteiger partial charge in [0.15, 0.2) is 0 Å². The Morgan fingerprint density at radius 3 is 2.65 bits per heavy atom. The van der Waals surface area contributed by atoms with Crippen molar-refractivity contribution in [3.63, 3.8) is 0 Å². The highest BCUT2D eigenvalue weighted by Crippen LogP contribution is 2.66. The topological polar surface area (TPSA) is 12.9 Å². The lowest BCUT2D eigenvalue weighted by Crippen LogP contribution is -2.49. The van der Waals surface area contributed by atoms with Gasteiger partial charge in [0.1, 0.15) is 0 Å². The second kappa shape index (κ2) is 5.81. The molecule has 4 aliphatic carbocycles. The second-order valence-corrected chi connectivity index (χ2v) is 10.2. The summed E-state index contributed by atoms with van der Waals surface area (Å²) in [6, 6.07) is 4.36. The van der Waals surface area contributed by atoms with Crippen LogP contribution in [-0.4, -0.2) is 4.98 Å². The van der Waals surface area contributed by atoms with Gasteiger partial charge in [-0.3, -0.25) is 4.98 Å². The average Bonchev–Trinajstić information content (AvgIpc) is 3.00. The Morgan fingerprint density at radius 2 is 1.85 bits per heavy atom. The van der Waals surface area contributed by atoms with Crippen LogP contribution in [0.5, 0.6) is 0 Å². The van der Waals surface area contributed by atoms with Crippen molar-refractivity contribution in [2.75, 3.05) is 0 Å². The van der Waals surface area contributed by atoms with Crippen LogP contribution in [0.4, 0.5) is 0 Å². The highest BCUT2D eigenvalue weighted by molar-refractivity contribution is 5.72. The molecule has 2 saturated carbocycles. The minimum absolute atomic E-state index is 0.355. The van der Waals surface area contributed by atoms with Crippen molar-refractivity contribution in [3.8, 4) is 0 Å².